The highest BCUT2D eigenvalue weighted by atomic mass is 16.5. The first-order chi connectivity index (χ1) is 8.13. The molecule has 1 rings (SSSR count). The van der Waals surface area contributed by atoms with Gasteiger partial charge in [-0.3, -0.25) is 4.79 Å². The molecule has 0 saturated heterocycles. The van der Waals surface area contributed by atoms with Gasteiger partial charge in [0.05, 0.1) is 13.0 Å². The Hall–Kier alpha value is -1.35. The SMILES string of the molecule is CCCCOC(=O)CC(N)c1ccc(C)cc1. The summed E-state index contributed by atoms with van der Waals surface area (Å²) in [5, 5.41) is 0. The number of unbranched alkanes of at least 4 members (excludes halogenated alkanes) is 1. The van der Waals surface area contributed by atoms with Crippen molar-refractivity contribution in [3.63, 3.8) is 0 Å². The van der Waals surface area contributed by atoms with Crippen LogP contribution in [0.4, 0.5) is 0 Å². The molecule has 0 heterocycles. The monoisotopic (exact) mass is 235 g/mol. The minimum atomic E-state index is -0.273. The van der Waals surface area contributed by atoms with E-state index in [1.165, 1.54) is 5.56 Å². The summed E-state index contributed by atoms with van der Waals surface area (Å²) in [6, 6.07) is 7.64. The van der Waals surface area contributed by atoms with Crippen LogP contribution in [0.25, 0.3) is 0 Å². The number of aryl methyl sites for hydroxylation is 1. The highest BCUT2D eigenvalue weighted by Gasteiger charge is 2.12. The van der Waals surface area contributed by atoms with Crippen molar-refractivity contribution < 1.29 is 9.53 Å². The molecule has 0 aliphatic heterocycles. The molecule has 1 unspecified atom stereocenters. The van der Waals surface area contributed by atoms with Crippen LogP contribution in [-0.2, 0) is 9.53 Å². The zero-order chi connectivity index (χ0) is 12.7. The maximum absolute atomic E-state index is 11.5. The quantitative estimate of drug-likeness (QED) is 0.609. The van der Waals surface area contributed by atoms with Crippen molar-refractivity contribution in [1.29, 1.82) is 0 Å². The van der Waals surface area contributed by atoms with E-state index in [9.17, 15) is 4.79 Å². The molecular weight excluding hydrogens is 214 g/mol. The van der Waals surface area contributed by atoms with Gasteiger partial charge in [0.25, 0.3) is 0 Å². The van der Waals surface area contributed by atoms with E-state index >= 15 is 0 Å². The Kier molecular flexibility index (Phi) is 5.70. The van der Waals surface area contributed by atoms with Crippen LogP contribution in [0.2, 0.25) is 0 Å². The van der Waals surface area contributed by atoms with E-state index in [2.05, 4.69) is 6.92 Å². The summed E-state index contributed by atoms with van der Waals surface area (Å²) in [4.78, 5) is 11.5. The molecule has 0 bridgehead atoms. The molecule has 94 valence electrons. The lowest BCUT2D eigenvalue weighted by molar-refractivity contribution is -0.144. The first-order valence-electron chi connectivity index (χ1n) is 6.11. The summed E-state index contributed by atoms with van der Waals surface area (Å²) >= 11 is 0. The Labute approximate surface area is 103 Å². The Morgan fingerprint density at radius 3 is 2.59 bits per heavy atom. The van der Waals surface area contributed by atoms with Crippen LogP contribution in [0.1, 0.15) is 43.4 Å². The van der Waals surface area contributed by atoms with E-state index in [0.717, 1.165) is 18.4 Å². The van der Waals surface area contributed by atoms with Crippen molar-refractivity contribution in [3.05, 3.63) is 35.4 Å². The first kappa shape index (κ1) is 13.7. The predicted molar refractivity (Wildman–Crippen MR) is 68.6 cm³/mol. The standard InChI is InChI=1S/C14H21NO2/c1-3-4-9-17-14(16)10-13(15)12-7-5-11(2)6-8-12/h5-8,13H,3-4,9-10,15H2,1-2H3. The van der Waals surface area contributed by atoms with Crippen LogP contribution >= 0.6 is 0 Å². The number of nitrogens with two attached hydrogens (primary N) is 1. The molecule has 3 nitrogen and oxygen atoms in total. The van der Waals surface area contributed by atoms with Crippen LogP contribution < -0.4 is 5.73 Å². The number of hydrogen-bond acceptors (Lipinski definition) is 3. The lowest BCUT2D eigenvalue weighted by Gasteiger charge is -2.11. The zero-order valence-corrected chi connectivity index (χ0v) is 10.6. The van der Waals surface area contributed by atoms with Crippen LogP contribution in [0, 0.1) is 6.92 Å². The van der Waals surface area contributed by atoms with Gasteiger partial charge >= 0.3 is 5.97 Å². The van der Waals surface area contributed by atoms with Gasteiger partial charge in [0.2, 0.25) is 0 Å². The van der Waals surface area contributed by atoms with Gasteiger partial charge in [-0.05, 0) is 18.9 Å². The van der Waals surface area contributed by atoms with Gasteiger partial charge in [-0.2, -0.15) is 0 Å². The lowest BCUT2D eigenvalue weighted by Crippen LogP contribution is -2.17. The van der Waals surface area contributed by atoms with Crippen LogP contribution in [0.5, 0.6) is 0 Å². The number of hydrogen-bond donors (Lipinski definition) is 1. The van der Waals surface area contributed by atoms with Crippen LogP contribution in [0.3, 0.4) is 0 Å². The fourth-order valence-corrected chi connectivity index (χ4v) is 1.50. The highest BCUT2D eigenvalue weighted by Crippen LogP contribution is 2.15. The summed E-state index contributed by atoms with van der Waals surface area (Å²) in [6.07, 6.45) is 2.18. The van der Waals surface area contributed by atoms with Crippen LogP contribution in [-0.4, -0.2) is 12.6 Å². The fraction of sp³-hybridized carbons (Fsp3) is 0.500. The number of benzene rings is 1. The summed E-state index contributed by atoms with van der Waals surface area (Å²) < 4.78 is 5.08. The normalized spacial score (nSPS) is 12.2. The average molecular weight is 235 g/mol. The van der Waals surface area contributed by atoms with Gasteiger partial charge in [-0.1, -0.05) is 43.2 Å². The van der Waals surface area contributed by atoms with E-state index in [-0.39, 0.29) is 18.4 Å². The molecule has 3 heteroatoms. The van der Waals surface area contributed by atoms with Crippen molar-refractivity contribution >= 4 is 5.97 Å². The summed E-state index contributed by atoms with van der Waals surface area (Å²) in [6.45, 7) is 4.58. The molecule has 0 aromatic heterocycles. The average Bonchev–Trinajstić information content (AvgIpc) is 2.30. The van der Waals surface area contributed by atoms with Crippen molar-refractivity contribution in [3.8, 4) is 0 Å². The maximum Gasteiger partial charge on any atom is 0.307 e. The summed E-state index contributed by atoms with van der Waals surface area (Å²) in [5.74, 6) is -0.216. The van der Waals surface area contributed by atoms with Crippen LogP contribution in [0.15, 0.2) is 24.3 Å². The van der Waals surface area contributed by atoms with Crippen molar-refractivity contribution in [1.82, 2.24) is 0 Å². The maximum atomic E-state index is 11.5. The summed E-state index contributed by atoms with van der Waals surface area (Å²) in [7, 11) is 0. The molecule has 0 spiro atoms. The van der Waals surface area contributed by atoms with Gasteiger partial charge in [0.15, 0.2) is 0 Å². The molecule has 17 heavy (non-hydrogen) atoms. The topological polar surface area (TPSA) is 52.3 Å². The third kappa shape index (κ3) is 5.00. The molecule has 0 amide bonds. The second-order valence-electron chi connectivity index (χ2n) is 4.30. The molecule has 0 radical (unpaired) electrons. The molecule has 1 aromatic rings. The molecule has 0 fully saturated rings. The number of ether oxygens (including phenoxy) is 1. The first-order valence-corrected chi connectivity index (χ1v) is 6.11. The second-order valence-corrected chi connectivity index (χ2v) is 4.30. The largest absolute Gasteiger partial charge is 0.466 e. The molecular formula is C14H21NO2. The Morgan fingerprint density at radius 1 is 1.35 bits per heavy atom. The smallest absolute Gasteiger partial charge is 0.307 e. The number of carbonyl (C=O) groups excluding carboxylic acids is 1. The van der Waals surface area contributed by atoms with Gasteiger partial charge in [-0.15, -0.1) is 0 Å². The van der Waals surface area contributed by atoms with Crippen molar-refractivity contribution in [2.24, 2.45) is 5.73 Å². The Bertz CT molecular complexity index is 346. The minimum Gasteiger partial charge on any atom is -0.466 e. The molecule has 2 N–H and O–H groups in total. The molecule has 1 aromatic carbocycles. The molecule has 1 atom stereocenters. The zero-order valence-electron chi connectivity index (χ0n) is 10.6. The van der Waals surface area contributed by atoms with E-state index in [4.69, 9.17) is 10.5 Å². The highest BCUT2D eigenvalue weighted by molar-refractivity contribution is 5.70. The van der Waals surface area contributed by atoms with Crippen molar-refractivity contribution in [2.75, 3.05) is 6.61 Å². The molecule has 0 saturated carbocycles. The van der Waals surface area contributed by atoms with E-state index in [0.29, 0.717) is 6.61 Å². The van der Waals surface area contributed by atoms with E-state index in [1.807, 2.05) is 31.2 Å². The third-order valence-corrected chi connectivity index (χ3v) is 2.65. The van der Waals surface area contributed by atoms with E-state index in [1.54, 1.807) is 0 Å². The van der Waals surface area contributed by atoms with Gasteiger partial charge < -0.3 is 10.5 Å². The fourth-order valence-electron chi connectivity index (χ4n) is 1.50. The third-order valence-electron chi connectivity index (χ3n) is 2.65. The summed E-state index contributed by atoms with van der Waals surface area (Å²) in [5.41, 5.74) is 8.11. The number of esters is 1. The second kappa shape index (κ2) is 7.07. The number of rotatable bonds is 6. The minimum absolute atomic E-state index is 0.216. The van der Waals surface area contributed by atoms with Gasteiger partial charge in [0, 0.05) is 6.04 Å². The molecule has 0 aliphatic rings. The van der Waals surface area contributed by atoms with Crippen molar-refractivity contribution in [2.45, 2.75) is 39.2 Å². The Morgan fingerprint density at radius 2 is 2.00 bits per heavy atom. The predicted octanol–water partition coefficient (Wildman–Crippen LogP) is 2.73. The van der Waals surface area contributed by atoms with Gasteiger partial charge in [-0.25, -0.2) is 0 Å². The Balaban J connectivity index is 2.40. The van der Waals surface area contributed by atoms with Gasteiger partial charge in [0.1, 0.15) is 0 Å². The lowest BCUT2D eigenvalue weighted by atomic mass is 10.0. The molecule has 0 aliphatic carbocycles. The van der Waals surface area contributed by atoms with E-state index < -0.39 is 0 Å². The number of carbonyl (C=O) groups is 1.